The van der Waals surface area contributed by atoms with Gasteiger partial charge in [0.1, 0.15) is 12.8 Å². The van der Waals surface area contributed by atoms with Gasteiger partial charge in [-0.05, 0) is 43.9 Å². The van der Waals surface area contributed by atoms with Gasteiger partial charge in [0, 0.05) is 17.7 Å². The number of carbonyl (C=O) groups is 2. The summed E-state index contributed by atoms with van der Waals surface area (Å²) in [5.41, 5.74) is 1.82. The minimum Gasteiger partial charge on any atom is -0.363 e. The molecule has 1 aromatic carbocycles. The van der Waals surface area contributed by atoms with Crippen LogP contribution >= 0.6 is 0 Å². The van der Waals surface area contributed by atoms with Gasteiger partial charge in [0.25, 0.3) is 5.91 Å². The van der Waals surface area contributed by atoms with Gasteiger partial charge in [-0.25, -0.2) is 0 Å². The molecule has 2 amide bonds. The second-order valence-corrected chi connectivity index (χ2v) is 6.42. The quantitative estimate of drug-likeness (QED) is 0.738. The third-order valence-corrected chi connectivity index (χ3v) is 4.42. The van der Waals surface area contributed by atoms with Crippen molar-refractivity contribution in [3.05, 3.63) is 47.7 Å². The van der Waals surface area contributed by atoms with Crippen LogP contribution in [0.1, 0.15) is 56.0 Å². The number of rotatable bonds is 9. The number of hydrogen-bond acceptors (Lipinski definition) is 4. The number of benzene rings is 1. The van der Waals surface area contributed by atoms with Crippen molar-refractivity contribution in [3.8, 4) is 0 Å². The summed E-state index contributed by atoms with van der Waals surface area (Å²) in [6.45, 7) is 6.07. The second-order valence-electron chi connectivity index (χ2n) is 6.42. The zero-order chi connectivity index (χ0) is 18.9. The maximum atomic E-state index is 12.9. The van der Waals surface area contributed by atoms with Crippen LogP contribution in [0, 0.1) is 0 Å². The Morgan fingerprint density at radius 1 is 1.19 bits per heavy atom. The third-order valence-electron chi connectivity index (χ3n) is 4.42. The standard InChI is InChI=1S/C20H27N3O3/c1-4-6-7-16-8-10-17(11-9-16)20(25)23(15(3)5-2)14-19(24)21-18-12-13-26-22-18/h8-13,15H,4-7,14H2,1-3H3,(H,21,22,24). The summed E-state index contributed by atoms with van der Waals surface area (Å²) in [4.78, 5) is 26.8. The van der Waals surface area contributed by atoms with Crippen LogP contribution in [0.2, 0.25) is 0 Å². The minimum absolute atomic E-state index is 0.0295. The number of aryl methyl sites for hydroxylation is 1. The molecule has 6 nitrogen and oxygen atoms in total. The van der Waals surface area contributed by atoms with Gasteiger partial charge in [-0.3, -0.25) is 9.59 Å². The second kappa shape index (κ2) is 9.75. The number of anilines is 1. The number of nitrogens with zero attached hydrogens (tertiary/aromatic N) is 2. The summed E-state index contributed by atoms with van der Waals surface area (Å²) in [5.74, 6) is -0.101. The maximum absolute atomic E-state index is 12.9. The molecular weight excluding hydrogens is 330 g/mol. The Morgan fingerprint density at radius 2 is 1.92 bits per heavy atom. The van der Waals surface area contributed by atoms with E-state index in [1.54, 1.807) is 11.0 Å². The highest BCUT2D eigenvalue weighted by molar-refractivity contribution is 5.99. The van der Waals surface area contributed by atoms with Crippen molar-refractivity contribution < 1.29 is 14.1 Å². The number of aromatic nitrogens is 1. The fraction of sp³-hybridized carbons (Fsp3) is 0.450. The van der Waals surface area contributed by atoms with Crippen molar-refractivity contribution in [1.29, 1.82) is 0 Å². The first-order valence-electron chi connectivity index (χ1n) is 9.15. The largest absolute Gasteiger partial charge is 0.363 e. The molecule has 1 aromatic heterocycles. The number of unbranched alkanes of at least 4 members (excludes halogenated alkanes) is 1. The van der Waals surface area contributed by atoms with Crippen LogP contribution in [0.25, 0.3) is 0 Å². The zero-order valence-corrected chi connectivity index (χ0v) is 15.7. The van der Waals surface area contributed by atoms with E-state index in [9.17, 15) is 9.59 Å². The highest BCUT2D eigenvalue weighted by atomic mass is 16.5. The van der Waals surface area contributed by atoms with E-state index < -0.39 is 0 Å². The number of hydrogen-bond donors (Lipinski definition) is 1. The van der Waals surface area contributed by atoms with Gasteiger partial charge in [-0.15, -0.1) is 0 Å². The normalized spacial score (nSPS) is 11.8. The summed E-state index contributed by atoms with van der Waals surface area (Å²) in [6, 6.07) is 9.18. The van der Waals surface area contributed by atoms with Crippen LogP contribution in [0.4, 0.5) is 5.82 Å². The first-order valence-corrected chi connectivity index (χ1v) is 9.15. The Kier molecular flexibility index (Phi) is 7.38. The predicted molar refractivity (Wildman–Crippen MR) is 101 cm³/mol. The topological polar surface area (TPSA) is 75.4 Å². The first kappa shape index (κ1) is 19.7. The summed E-state index contributed by atoms with van der Waals surface area (Å²) < 4.78 is 4.70. The highest BCUT2D eigenvalue weighted by Crippen LogP contribution is 2.14. The molecule has 140 valence electrons. The van der Waals surface area contributed by atoms with E-state index in [-0.39, 0.29) is 24.4 Å². The van der Waals surface area contributed by atoms with Crippen LogP contribution in [0.3, 0.4) is 0 Å². The van der Waals surface area contributed by atoms with Crippen LogP contribution < -0.4 is 5.32 Å². The molecule has 0 spiro atoms. The van der Waals surface area contributed by atoms with Gasteiger partial charge in [-0.2, -0.15) is 0 Å². The summed E-state index contributed by atoms with van der Waals surface area (Å²) in [6.07, 6.45) is 5.43. The van der Waals surface area contributed by atoms with Crippen molar-refractivity contribution in [3.63, 3.8) is 0 Å². The van der Waals surface area contributed by atoms with Gasteiger partial charge in [0.2, 0.25) is 5.91 Å². The summed E-state index contributed by atoms with van der Waals surface area (Å²) in [7, 11) is 0. The van der Waals surface area contributed by atoms with Gasteiger partial charge in [0.15, 0.2) is 5.82 Å². The molecule has 0 aliphatic carbocycles. The van der Waals surface area contributed by atoms with Crippen LogP contribution in [-0.4, -0.2) is 34.5 Å². The minimum atomic E-state index is -0.299. The summed E-state index contributed by atoms with van der Waals surface area (Å²) in [5, 5.41) is 6.29. The Bertz CT molecular complexity index is 696. The van der Waals surface area contributed by atoms with Gasteiger partial charge < -0.3 is 14.7 Å². The Morgan fingerprint density at radius 3 is 2.50 bits per heavy atom. The van der Waals surface area contributed by atoms with Gasteiger partial charge in [0.05, 0.1) is 0 Å². The highest BCUT2D eigenvalue weighted by Gasteiger charge is 2.23. The average molecular weight is 357 g/mol. The maximum Gasteiger partial charge on any atom is 0.254 e. The summed E-state index contributed by atoms with van der Waals surface area (Å²) >= 11 is 0. The molecule has 26 heavy (non-hydrogen) atoms. The molecule has 0 aliphatic rings. The molecule has 0 fully saturated rings. The lowest BCUT2D eigenvalue weighted by Gasteiger charge is -2.28. The molecule has 1 heterocycles. The van der Waals surface area contributed by atoms with Gasteiger partial charge >= 0.3 is 0 Å². The van der Waals surface area contributed by atoms with E-state index in [1.807, 2.05) is 38.1 Å². The molecule has 1 unspecified atom stereocenters. The smallest absolute Gasteiger partial charge is 0.254 e. The van der Waals surface area contributed by atoms with Crippen molar-refractivity contribution >= 4 is 17.6 Å². The predicted octanol–water partition coefficient (Wildman–Crippen LogP) is 3.90. The zero-order valence-electron chi connectivity index (χ0n) is 15.7. The fourth-order valence-electron chi connectivity index (χ4n) is 2.62. The van der Waals surface area contributed by atoms with E-state index in [0.29, 0.717) is 11.4 Å². The molecule has 1 atom stereocenters. The molecule has 0 saturated heterocycles. The number of carbonyl (C=O) groups excluding carboxylic acids is 2. The Labute approximate surface area is 154 Å². The molecule has 0 bridgehead atoms. The molecule has 0 aliphatic heterocycles. The van der Waals surface area contributed by atoms with Crippen molar-refractivity contribution in [2.45, 2.75) is 52.5 Å². The average Bonchev–Trinajstić information content (AvgIpc) is 3.16. The SMILES string of the molecule is CCCCc1ccc(C(=O)N(CC(=O)Nc2ccon2)C(C)CC)cc1. The van der Waals surface area contributed by atoms with Crippen molar-refractivity contribution in [2.75, 3.05) is 11.9 Å². The van der Waals surface area contributed by atoms with E-state index >= 15 is 0 Å². The van der Waals surface area contributed by atoms with Crippen LogP contribution in [0.5, 0.6) is 0 Å². The van der Waals surface area contributed by atoms with Crippen molar-refractivity contribution in [1.82, 2.24) is 10.1 Å². The molecule has 0 radical (unpaired) electrons. The monoisotopic (exact) mass is 357 g/mol. The molecule has 2 aromatic rings. The third kappa shape index (κ3) is 5.44. The van der Waals surface area contributed by atoms with Gasteiger partial charge in [-0.1, -0.05) is 37.6 Å². The fourth-order valence-corrected chi connectivity index (χ4v) is 2.62. The Balaban J connectivity index is 2.07. The first-order chi connectivity index (χ1) is 12.5. The van der Waals surface area contributed by atoms with Crippen molar-refractivity contribution in [2.24, 2.45) is 0 Å². The van der Waals surface area contributed by atoms with Crippen LogP contribution in [0.15, 0.2) is 41.1 Å². The molecule has 6 heteroatoms. The number of amides is 2. The van der Waals surface area contributed by atoms with E-state index in [2.05, 4.69) is 17.4 Å². The van der Waals surface area contributed by atoms with Crippen LogP contribution in [-0.2, 0) is 11.2 Å². The molecule has 0 saturated carbocycles. The van der Waals surface area contributed by atoms with E-state index in [4.69, 9.17) is 4.52 Å². The molecule has 1 N–H and O–H groups in total. The lowest BCUT2D eigenvalue weighted by molar-refractivity contribution is -0.117. The Hall–Kier alpha value is -2.63. The van der Waals surface area contributed by atoms with E-state index in [0.717, 1.165) is 25.7 Å². The number of nitrogens with one attached hydrogen (secondary N) is 1. The molecule has 2 rings (SSSR count). The lowest BCUT2D eigenvalue weighted by atomic mass is 10.0. The lowest BCUT2D eigenvalue weighted by Crippen LogP contribution is -2.43. The molecular formula is C20H27N3O3. The van der Waals surface area contributed by atoms with E-state index in [1.165, 1.54) is 11.8 Å².